The van der Waals surface area contributed by atoms with Gasteiger partial charge in [0.2, 0.25) is 0 Å². The smallest absolute Gasteiger partial charge is 0.748 e. The summed E-state index contributed by atoms with van der Waals surface area (Å²) in [5.74, 6) is 0. The zero-order valence-corrected chi connectivity index (χ0v) is 20.1. The van der Waals surface area contributed by atoms with Crippen molar-refractivity contribution in [2.45, 2.75) is 115 Å². The topological polar surface area (TPSA) is 77.4 Å². The van der Waals surface area contributed by atoms with Crippen molar-refractivity contribution in [2.24, 2.45) is 0 Å². The predicted octanol–water partition coefficient (Wildman–Crippen LogP) is 1.77. The fourth-order valence-corrected chi connectivity index (χ4v) is 3.83. The summed E-state index contributed by atoms with van der Waals surface area (Å²) < 4.78 is 32.9. The zero-order valence-electron chi connectivity index (χ0n) is 16.1. The Hall–Kier alpha value is 1.51. The molecular formula is C18H37KO4S. The average molecular weight is 389 g/mol. The van der Waals surface area contributed by atoms with Crippen molar-refractivity contribution in [1.29, 1.82) is 0 Å². The normalized spacial score (nSPS) is 14.2. The molecule has 0 amide bonds. The van der Waals surface area contributed by atoms with E-state index in [1.54, 1.807) is 6.92 Å². The van der Waals surface area contributed by atoms with Crippen molar-refractivity contribution in [2.75, 3.05) is 0 Å². The van der Waals surface area contributed by atoms with E-state index < -0.39 is 15.4 Å². The van der Waals surface area contributed by atoms with Crippen LogP contribution in [0.3, 0.4) is 0 Å². The molecule has 0 aliphatic rings. The number of hydrogen-bond donors (Lipinski definition) is 1. The fourth-order valence-electron chi connectivity index (χ4n) is 2.96. The summed E-state index contributed by atoms with van der Waals surface area (Å²) in [6.45, 7) is 3.95. The summed E-state index contributed by atoms with van der Waals surface area (Å²) >= 11 is 0. The number of hydrogen-bond acceptors (Lipinski definition) is 4. The molecule has 0 fully saturated rings. The third kappa shape index (κ3) is 16.9. The fraction of sp³-hybridized carbons (Fsp3) is 1.00. The van der Waals surface area contributed by atoms with Gasteiger partial charge in [-0.15, -0.1) is 0 Å². The molecule has 0 heterocycles. The molecule has 0 aliphatic carbocycles. The quantitative estimate of drug-likeness (QED) is 0.248. The van der Waals surface area contributed by atoms with Gasteiger partial charge < -0.3 is 9.66 Å². The van der Waals surface area contributed by atoms with Crippen LogP contribution in [-0.2, 0) is 10.1 Å². The Bertz CT molecular complexity index is 360. The van der Waals surface area contributed by atoms with E-state index in [9.17, 15) is 18.1 Å². The van der Waals surface area contributed by atoms with Crippen LogP contribution in [0.5, 0.6) is 0 Å². The first-order valence-corrected chi connectivity index (χ1v) is 11.0. The van der Waals surface area contributed by atoms with Crippen LogP contribution in [0.25, 0.3) is 0 Å². The Morgan fingerprint density at radius 1 is 0.792 bits per heavy atom. The zero-order chi connectivity index (χ0) is 17.6. The minimum Gasteiger partial charge on any atom is -0.748 e. The van der Waals surface area contributed by atoms with Crippen molar-refractivity contribution in [3.63, 3.8) is 0 Å². The Kier molecular flexibility index (Phi) is 20.7. The minimum atomic E-state index is -4.12. The second kappa shape index (κ2) is 17.9. The molecular weight excluding hydrogens is 351 g/mol. The number of aliphatic hydroxyl groups excluding tert-OH is 1. The van der Waals surface area contributed by atoms with Gasteiger partial charge in [-0.3, -0.25) is 0 Å². The summed E-state index contributed by atoms with van der Waals surface area (Å²) in [6, 6.07) is 0. The van der Waals surface area contributed by atoms with Crippen molar-refractivity contribution in [3.8, 4) is 0 Å². The first-order valence-electron chi connectivity index (χ1n) is 9.54. The van der Waals surface area contributed by atoms with E-state index in [0.29, 0.717) is 12.8 Å². The maximum atomic E-state index is 11.0. The van der Waals surface area contributed by atoms with Crippen LogP contribution in [0.15, 0.2) is 0 Å². The van der Waals surface area contributed by atoms with E-state index in [1.165, 1.54) is 19.3 Å². The maximum Gasteiger partial charge on any atom is 1.00 e. The number of rotatable bonds is 16. The second-order valence-corrected chi connectivity index (χ2v) is 8.38. The molecule has 0 bridgehead atoms. The molecule has 0 aliphatic heterocycles. The van der Waals surface area contributed by atoms with Gasteiger partial charge in [0.05, 0.1) is 16.2 Å². The molecule has 4 nitrogen and oxygen atoms in total. The van der Waals surface area contributed by atoms with Gasteiger partial charge in [-0.05, 0) is 25.7 Å². The van der Waals surface area contributed by atoms with Crippen LogP contribution >= 0.6 is 0 Å². The van der Waals surface area contributed by atoms with Gasteiger partial charge in [-0.2, -0.15) is 0 Å². The van der Waals surface area contributed by atoms with Gasteiger partial charge in [0.15, 0.2) is 0 Å². The third-order valence-electron chi connectivity index (χ3n) is 4.57. The van der Waals surface area contributed by atoms with Gasteiger partial charge in [0, 0.05) is 5.25 Å². The Morgan fingerprint density at radius 3 is 1.62 bits per heavy atom. The van der Waals surface area contributed by atoms with Crippen LogP contribution in [0.1, 0.15) is 104 Å². The molecule has 0 radical (unpaired) electrons. The molecule has 0 rings (SSSR count). The standard InChI is InChI=1S/C18H38O4S.K/c1-3-5-6-11-14-17(19)15-12-9-7-8-10-13-16-18(4-2)23(20,21)22;/h17-19H,3-16H2,1-2H3,(H,20,21,22);/q;+1/p-1. The van der Waals surface area contributed by atoms with Gasteiger partial charge in [0.1, 0.15) is 0 Å². The molecule has 0 aromatic rings. The molecule has 0 aromatic heterocycles. The molecule has 0 saturated heterocycles. The van der Waals surface area contributed by atoms with Crippen molar-refractivity contribution < 1.29 is 69.5 Å². The second-order valence-electron chi connectivity index (χ2n) is 6.72. The Balaban J connectivity index is 0. The van der Waals surface area contributed by atoms with Crippen molar-refractivity contribution in [1.82, 2.24) is 0 Å². The van der Waals surface area contributed by atoms with Gasteiger partial charge in [-0.25, -0.2) is 8.42 Å². The monoisotopic (exact) mass is 388 g/mol. The molecule has 0 spiro atoms. The van der Waals surface area contributed by atoms with Gasteiger partial charge >= 0.3 is 51.4 Å². The molecule has 6 heteroatoms. The summed E-state index contributed by atoms with van der Waals surface area (Å²) in [5.41, 5.74) is 0. The average Bonchev–Trinajstić information content (AvgIpc) is 2.48. The summed E-state index contributed by atoms with van der Waals surface area (Å²) in [4.78, 5) is 0. The van der Waals surface area contributed by atoms with E-state index in [1.807, 2.05) is 0 Å². The molecule has 140 valence electrons. The minimum absolute atomic E-state index is 0. The first-order chi connectivity index (χ1) is 10.9. The van der Waals surface area contributed by atoms with Crippen LogP contribution in [0.4, 0.5) is 0 Å². The number of aliphatic hydroxyl groups is 1. The van der Waals surface area contributed by atoms with Crippen LogP contribution < -0.4 is 51.4 Å². The number of unbranched alkanes of at least 4 members (excludes halogenated alkanes) is 8. The molecule has 24 heavy (non-hydrogen) atoms. The summed E-state index contributed by atoms with van der Waals surface area (Å²) in [6.07, 6.45) is 13.7. The van der Waals surface area contributed by atoms with E-state index in [4.69, 9.17) is 0 Å². The first kappa shape index (κ1) is 27.7. The van der Waals surface area contributed by atoms with Crippen molar-refractivity contribution >= 4 is 10.1 Å². The third-order valence-corrected chi connectivity index (χ3v) is 5.95. The molecule has 0 saturated carbocycles. The van der Waals surface area contributed by atoms with E-state index in [-0.39, 0.29) is 57.5 Å². The Labute approximate surface area is 192 Å². The maximum absolute atomic E-state index is 11.0. The largest absolute Gasteiger partial charge is 1.00 e. The van der Waals surface area contributed by atoms with Crippen LogP contribution in [0, 0.1) is 0 Å². The van der Waals surface area contributed by atoms with Gasteiger partial charge in [-0.1, -0.05) is 78.1 Å². The molecule has 2 atom stereocenters. The van der Waals surface area contributed by atoms with E-state index in [2.05, 4.69) is 6.92 Å². The van der Waals surface area contributed by atoms with Gasteiger partial charge in [0.25, 0.3) is 0 Å². The summed E-state index contributed by atoms with van der Waals surface area (Å²) in [7, 11) is -4.12. The van der Waals surface area contributed by atoms with E-state index >= 15 is 0 Å². The van der Waals surface area contributed by atoms with Crippen LogP contribution in [-0.4, -0.2) is 29.4 Å². The van der Waals surface area contributed by atoms with E-state index in [0.717, 1.165) is 57.8 Å². The van der Waals surface area contributed by atoms with Crippen LogP contribution in [0.2, 0.25) is 0 Å². The molecule has 2 unspecified atom stereocenters. The predicted molar refractivity (Wildman–Crippen MR) is 95.5 cm³/mol. The van der Waals surface area contributed by atoms with Crippen molar-refractivity contribution in [3.05, 3.63) is 0 Å². The molecule has 0 aromatic carbocycles. The Morgan fingerprint density at radius 2 is 1.21 bits per heavy atom. The summed E-state index contributed by atoms with van der Waals surface area (Å²) in [5, 5.41) is 9.16. The molecule has 1 N–H and O–H groups in total. The SMILES string of the molecule is CCCCCCC(O)CCCCCCCCC(CC)S(=O)(=O)[O-].[K+].